The number of phenols is 1. The summed E-state index contributed by atoms with van der Waals surface area (Å²) in [4.78, 5) is 19.3. The summed E-state index contributed by atoms with van der Waals surface area (Å²) >= 11 is 1.54. The summed E-state index contributed by atoms with van der Waals surface area (Å²) in [5, 5.41) is 10.7. The number of aryl methyl sites for hydroxylation is 1. The Hall–Kier alpha value is -2.18. The highest BCUT2D eigenvalue weighted by Gasteiger charge is 2.29. The molecule has 24 heavy (non-hydrogen) atoms. The molecule has 0 bridgehead atoms. The maximum absolute atomic E-state index is 12.2. The van der Waals surface area contributed by atoms with Crippen LogP contribution in [0.2, 0.25) is 0 Å². The van der Waals surface area contributed by atoms with Crippen LogP contribution < -0.4 is 4.90 Å². The van der Waals surface area contributed by atoms with Gasteiger partial charge < -0.3 is 14.7 Å². The quantitative estimate of drug-likeness (QED) is 0.659. The number of rotatable bonds is 3. The first-order valence-electron chi connectivity index (χ1n) is 7.87. The molecule has 1 atom stereocenters. The molecule has 0 saturated heterocycles. The van der Waals surface area contributed by atoms with E-state index >= 15 is 0 Å². The van der Waals surface area contributed by atoms with Crippen molar-refractivity contribution in [2.75, 3.05) is 20.7 Å². The zero-order valence-electron chi connectivity index (χ0n) is 14.0. The molecule has 2 heterocycles. The first kappa shape index (κ1) is 16.7. The zero-order valence-corrected chi connectivity index (χ0v) is 14.9. The number of nitrogens with zero attached hydrogens (tertiary/aromatic N) is 1. The Balaban J connectivity index is 2.00. The Kier molecular flexibility index (Phi) is 4.69. The van der Waals surface area contributed by atoms with Crippen molar-refractivity contribution in [2.24, 2.45) is 4.99 Å². The molecule has 2 N–H and O–H groups in total. The summed E-state index contributed by atoms with van der Waals surface area (Å²) in [7, 11) is 3.54. The van der Waals surface area contributed by atoms with Gasteiger partial charge in [-0.25, -0.2) is 9.79 Å². The van der Waals surface area contributed by atoms with Crippen LogP contribution in [0.4, 0.5) is 5.00 Å². The highest BCUT2D eigenvalue weighted by molar-refractivity contribution is 7.16. The van der Waals surface area contributed by atoms with Crippen molar-refractivity contribution < 1.29 is 19.5 Å². The highest BCUT2D eigenvalue weighted by atomic mass is 32.1. The molecule has 1 aromatic carbocycles. The number of nitrogens with one attached hydrogen (secondary N) is 1. The average Bonchev–Trinajstić information content (AvgIpc) is 2.90. The number of carbonyl (C=O) groups is 1. The van der Waals surface area contributed by atoms with Gasteiger partial charge in [-0.2, -0.15) is 0 Å². The summed E-state index contributed by atoms with van der Waals surface area (Å²) < 4.78 is 4.96. The number of hydrogen-bond donors (Lipinski definition) is 2. The average molecular weight is 345 g/mol. The van der Waals surface area contributed by atoms with Crippen molar-refractivity contribution in [3.05, 3.63) is 45.3 Å². The lowest BCUT2D eigenvalue weighted by molar-refractivity contribution is -0.895. The van der Waals surface area contributed by atoms with Gasteiger partial charge in [0.15, 0.2) is 0 Å². The standard InChI is InChI=1S/C18H20N2O3S/c1-11-4-5-12(14(21)8-11)9-19-17-16(18(22)23-3)13-6-7-20(2)10-15(13)24-17/h4-5,8-9,21H,6-7,10H2,1-3H3/p+1/b19-9+. The molecule has 0 amide bonds. The third kappa shape index (κ3) is 3.20. The number of ether oxygens (including phenoxy) is 1. The third-order valence-electron chi connectivity index (χ3n) is 4.23. The number of likely N-dealkylation sites (N-methyl/N-ethyl adjacent to an activating group) is 1. The zero-order chi connectivity index (χ0) is 17.3. The molecule has 0 spiro atoms. The van der Waals surface area contributed by atoms with E-state index in [0.717, 1.165) is 30.6 Å². The number of thiophene rings is 1. The second kappa shape index (κ2) is 6.75. The van der Waals surface area contributed by atoms with Crippen molar-refractivity contribution in [3.63, 3.8) is 0 Å². The molecule has 6 heteroatoms. The predicted molar refractivity (Wildman–Crippen MR) is 94.9 cm³/mol. The van der Waals surface area contributed by atoms with Crippen molar-refractivity contribution >= 4 is 28.5 Å². The van der Waals surface area contributed by atoms with E-state index in [1.165, 1.54) is 28.2 Å². The van der Waals surface area contributed by atoms with Gasteiger partial charge in [0.1, 0.15) is 22.9 Å². The number of methoxy groups -OCH3 is 1. The summed E-state index contributed by atoms with van der Waals surface area (Å²) in [6, 6.07) is 5.43. The van der Waals surface area contributed by atoms with Crippen LogP contribution in [0.25, 0.3) is 0 Å². The largest absolute Gasteiger partial charge is 0.507 e. The van der Waals surface area contributed by atoms with Crippen LogP contribution >= 0.6 is 11.3 Å². The summed E-state index contributed by atoms with van der Waals surface area (Å²) in [6.07, 6.45) is 2.46. The van der Waals surface area contributed by atoms with E-state index in [4.69, 9.17) is 4.74 Å². The molecule has 1 aromatic heterocycles. The van der Waals surface area contributed by atoms with Crippen molar-refractivity contribution in [1.29, 1.82) is 0 Å². The fraction of sp³-hybridized carbons (Fsp3) is 0.333. The maximum Gasteiger partial charge on any atom is 0.341 e. The van der Waals surface area contributed by atoms with E-state index < -0.39 is 0 Å². The Morgan fingerprint density at radius 2 is 2.25 bits per heavy atom. The molecule has 0 aliphatic carbocycles. The highest BCUT2D eigenvalue weighted by Crippen LogP contribution is 2.37. The maximum atomic E-state index is 12.2. The Morgan fingerprint density at radius 1 is 1.46 bits per heavy atom. The number of fused-ring (bicyclic) bond motifs is 1. The van der Waals surface area contributed by atoms with Gasteiger partial charge in [-0.05, 0) is 30.2 Å². The van der Waals surface area contributed by atoms with Crippen LogP contribution in [0.5, 0.6) is 5.75 Å². The van der Waals surface area contributed by atoms with Crippen molar-refractivity contribution in [3.8, 4) is 5.75 Å². The van der Waals surface area contributed by atoms with Crippen molar-refractivity contribution in [1.82, 2.24) is 0 Å². The number of benzene rings is 1. The van der Waals surface area contributed by atoms with Gasteiger partial charge in [0, 0.05) is 18.2 Å². The molecular formula is C18H21N2O3S+. The van der Waals surface area contributed by atoms with Gasteiger partial charge in [-0.15, -0.1) is 11.3 Å². The lowest BCUT2D eigenvalue weighted by Crippen LogP contribution is -3.08. The topological polar surface area (TPSA) is 63.3 Å². The first-order valence-corrected chi connectivity index (χ1v) is 8.69. The van der Waals surface area contributed by atoms with E-state index in [1.807, 2.05) is 19.1 Å². The minimum Gasteiger partial charge on any atom is -0.507 e. The number of hydrogen-bond acceptors (Lipinski definition) is 5. The molecule has 2 aromatic rings. The lowest BCUT2D eigenvalue weighted by atomic mass is 10.0. The molecule has 1 aliphatic heterocycles. The number of aromatic hydroxyl groups is 1. The fourth-order valence-electron chi connectivity index (χ4n) is 2.90. The van der Waals surface area contributed by atoms with Crippen LogP contribution in [0, 0.1) is 6.92 Å². The van der Waals surface area contributed by atoms with Crippen molar-refractivity contribution in [2.45, 2.75) is 19.9 Å². The predicted octanol–water partition coefficient (Wildman–Crippen LogP) is 1.87. The SMILES string of the molecule is COC(=O)c1c(/N=C/c2ccc(C)cc2O)sc2c1CC[NH+](C)C2. The number of aliphatic imine (C=N–C) groups is 1. The first-order chi connectivity index (χ1) is 11.5. The number of quaternary nitrogens is 1. The molecule has 0 fully saturated rings. The Morgan fingerprint density at radius 3 is 2.96 bits per heavy atom. The van der Waals surface area contributed by atoms with Gasteiger partial charge in [0.05, 0.1) is 25.6 Å². The monoisotopic (exact) mass is 345 g/mol. The molecule has 1 unspecified atom stereocenters. The fourth-order valence-corrected chi connectivity index (χ4v) is 4.19. The summed E-state index contributed by atoms with van der Waals surface area (Å²) in [5.41, 5.74) is 3.26. The molecule has 5 nitrogen and oxygen atoms in total. The normalized spacial score (nSPS) is 17.0. The molecule has 0 saturated carbocycles. The van der Waals surface area contributed by atoms with Gasteiger partial charge >= 0.3 is 5.97 Å². The molecule has 1 aliphatic rings. The second-order valence-electron chi connectivity index (χ2n) is 6.13. The van der Waals surface area contributed by atoms with Crippen LogP contribution in [-0.2, 0) is 17.7 Å². The summed E-state index contributed by atoms with van der Waals surface area (Å²) in [6.45, 7) is 3.81. The Bertz CT molecular complexity index is 811. The van der Waals surface area contributed by atoms with E-state index in [9.17, 15) is 9.90 Å². The van der Waals surface area contributed by atoms with E-state index in [0.29, 0.717) is 16.1 Å². The Labute approximate surface area is 145 Å². The minimum absolute atomic E-state index is 0.184. The number of phenolic OH excluding ortho intramolecular Hbond substituents is 1. The van der Waals surface area contributed by atoms with Crippen LogP contribution in [-0.4, -0.2) is 38.0 Å². The van der Waals surface area contributed by atoms with Gasteiger partial charge in [-0.3, -0.25) is 0 Å². The number of esters is 1. The van der Waals surface area contributed by atoms with Gasteiger partial charge in [0.2, 0.25) is 0 Å². The van der Waals surface area contributed by atoms with Gasteiger partial charge in [-0.1, -0.05) is 6.07 Å². The van der Waals surface area contributed by atoms with E-state index in [1.54, 1.807) is 12.3 Å². The smallest absolute Gasteiger partial charge is 0.341 e. The van der Waals surface area contributed by atoms with Crippen LogP contribution in [0.3, 0.4) is 0 Å². The molecular weight excluding hydrogens is 324 g/mol. The van der Waals surface area contributed by atoms with Crippen LogP contribution in [0.15, 0.2) is 23.2 Å². The molecule has 0 radical (unpaired) electrons. The van der Waals surface area contributed by atoms with E-state index in [-0.39, 0.29) is 11.7 Å². The van der Waals surface area contributed by atoms with Gasteiger partial charge in [0.25, 0.3) is 0 Å². The third-order valence-corrected chi connectivity index (χ3v) is 5.37. The van der Waals surface area contributed by atoms with Crippen LogP contribution in [0.1, 0.15) is 31.9 Å². The molecule has 3 rings (SSSR count). The molecule has 126 valence electrons. The lowest BCUT2D eigenvalue weighted by Gasteiger charge is -2.19. The second-order valence-corrected chi connectivity index (χ2v) is 7.21. The number of carbonyl (C=O) groups excluding carboxylic acids is 1. The minimum atomic E-state index is -0.340. The van der Waals surface area contributed by atoms with E-state index in [2.05, 4.69) is 12.0 Å². The summed E-state index contributed by atoms with van der Waals surface area (Å²) in [5.74, 6) is -0.156.